The molecule has 9 aromatic rings. The zero-order valence-corrected chi connectivity index (χ0v) is 26.4. The van der Waals surface area contributed by atoms with E-state index in [2.05, 4.69) is 107 Å². The van der Waals surface area contributed by atoms with Gasteiger partial charge in [0, 0.05) is 45.6 Å². The molecule has 0 fully saturated rings. The molecule has 0 aliphatic carbocycles. The molecule has 3 heterocycles. The van der Waals surface area contributed by atoms with Crippen molar-refractivity contribution in [1.29, 1.82) is 0 Å². The van der Waals surface area contributed by atoms with Crippen LogP contribution in [-0.2, 0) is 0 Å². The third-order valence-electron chi connectivity index (χ3n) is 8.86. The van der Waals surface area contributed by atoms with Crippen molar-refractivity contribution in [1.82, 2.24) is 19.9 Å². The molecule has 9 rings (SSSR count). The summed E-state index contributed by atoms with van der Waals surface area (Å²) >= 11 is 0. The van der Waals surface area contributed by atoms with Gasteiger partial charge in [0.05, 0.1) is 11.4 Å². The predicted octanol–water partition coefficient (Wildman–Crippen LogP) is 11.2. The molecule has 230 valence electrons. The normalized spacial score (nSPS) is 11.3. The van der Waals surface area contributed by atoms with Gasteiger partial charge < -0.3 is 4.42 Å². The van der Waals surface area contributed by atoms with Gasteiger partial charge in [-0.1, -0.05) is 127 Å². The Balaban J connectivity index is 1.11. The van der Waals surface area contributed by atoms with Crippen molar-refractivity contribution in [3.05, 3.63) is 170 Å². The molecule has 5 nitrogen and oxygen atoms in total. The van der Waals surface area contributed by atoms with E-state index in [1.807, 2.05) is 73.1 Å². The third kappa shape index (κ3) is 5.53. The van der Waals surface area contributed by atoms with Crippen LogP contribution >= 0.6 is 0 Å². The number of rotatable bonds is 6. The molecular weight excluding hydrogens is 601 g/mol. The van der Waals surface area contributed by atoms with Crippen LogP contribution in [0.15, 0.2) is 175 Å². The number of para-hydroxylation sites is 2. The van der Waals surface area contributed by atoms with Crippen LogP contribution in [0.25, 0.3) is 89.5 Å². The van der Waals surface area contributed by atoms with Gasteiger partial charge in [-0.2, -0.15) is 0 Å². The van der Waals surface area contributed by atoms with Crippen molar-refractivity contribution in [3.63, 3.8) is 0 Å². The molecule has 0 N–H and O–H groups in total. The molecular formula is C44H28N4O. The lowest BCUT2D eigenvalue weighted by Crippen LogP contribution is -1.96. The summed E-state index contributed by atoms with van der Waals surface area (Å²) in [6.45, 7) is 0. The summed E-state index contributed by atoms with van der Waals surface area (Å²) in [4.78, 5) is 19.3. The molecule has 49 heavy (non-hydrogen) atoms. The summed E-state index contributed by atoms with van der Waals surface area (Å²) in [7, 11) is 0. The predicted molar refractivity (Wildman–Crippen MR) is 198 cm³/mol. The molecule has 0 aliphatic rings. The molecule has 0 unspecified atom stereocenters. The highest BCUT2D eigenvalue weighted by Gasteiger charge is 2.14. The second kappa shape index (κ2) is 12.1. The van der Waals surface area contributed by atoms with Gasteiger partial charge in [-0.05, 0) is 52.4 Å². The average molecular weight is 629 g/mol. The van der Waals surface area contributed by atoms with Gasteiger partial charge >= 0.3 is 0 Å². The second-order valence-corrected chi connectivity index (χ2v) is 12.0. The number of fused-ring (bicyclic) bond motifs is 2. The van der Waals surface area contributed by atoms with Gasteiger partial charge in [-0.3, -0.25) is 4.98 Å². The van der Waals surface area contributed by atoms with Crippen LogP contribution in [0.3, 0.4) is 0 Å². The van der Waals surface area contributed by atoms with E-state index in [9.17, 15) is 0 Å². The van der Waals surface area contributed by atoms with E-state index in [1.54, 1.807) is 0 Å². The number of benzene rings is 6. The minimum Gasteiger partial charge on any atom is -0.436 e. The Morgan fingerprint density at radius 3 is 1.71 bits per heavy atom. The first-order valence-corrected chi connectivity index (χ1v) is 16.2. The van der Waals surface area contributed by atoms with E-state index in [1.165, 1.54) is 10.9 Å². The van der Waals surface area contributed by atoms with Crippen LogP contribution in [0.1, 0.15) is 0 Å². The molecule has 3 aromatic heterocycles. The van der Waals surface area contributed by atoms with Crippen LogP contribution in [0.5, 0.6) is 0 Å². The first-order chi connectivity index (χ1) is 24.2. The Morgan fingerprint density at radius 2 is 0.980 bits per heavy atom. The number of nitrogens with zero attached hydrogens (tertiary/aromatic N) is 4. The summed E-state index contributed by atoms with van der Waals surface area (Å²) < 4.78 is 6.01. The molecule has 0 saturated carbocycles. The van der Waals surface area contributed by atoms with E-state index >= 15 is 0 Å². The number of pyridine rings is 1. The summed E-state index contributed by atoms with van der Waals surface area (Å²) in [5, 5.41) is 2.30. The molecule has 0 radical (unpaired) electrons. The highest BCUT2D eigenvalue weighted by atomic mass is 16.3. The van der Waals surface area contributed by atoms with E-state index in [-0.39, 0.29) is 0 Å². The fourth-order valence-corrected chi connectivity index (χ4v) is 6.26. The minimum atomic E-state index is 0.586. The second-order valence-electron chi connectivity index (χ2n) is 12.0. The smallest absolute Gasteiger partial charge is 0.227 e. The zero-order chi connectivity index (χ0) is 32.6. The minimum absolute atomic E-state index is 0.586. The van der Waals surface area contributed by atoms with Crippen LogP contribution in [0.4, 0.5) is 0 Å². The van der Waals surface area contributed by atoms with Crippen molar-refractivity contribution < 1.29 is 4.42 Å². The van der Waals surface area contributed by atoms with Gasteiger partial charge in [0.15, 0.2) is 11.4 Å². The molecule has 0 amide bonds. The lowest BCUT2D eigenvalue weighted by atomic mass is 9.98. The first-order valence-electron chi connectivity index (χ1n) is 16.2. The summed E-state index contributed by atoms with van der Waals surface area (Å²) in [6.07, 6.45) is 3.84. The van der Waals surface area contributed by atoms with Crippen molar-refractivity contribution in [2.75, 3.05) is 0 Å². The molecule has 0 spiro atoms. The lowest BCUT2D eigenvalue weighted by molar-refractivity contribution is 0.620. The van der Waals surface area contributed by atoms with Crippen LogP contribution < -0.4 is 0 Å². The third-order valence-corrected chi connectivity index (χ3v) is 8.86. The molecule has 5 heteroatoms. The fraction of sp³-hybridized carbons (Fsp3) is 0. The van der Waals surface area contributed by atoms with Crippen molar-refractivity contribution in [2.45, 2.75) is 0 Å². The van der Waals surface area contributed by atoms with Gasteiger partial charge in [0.25, 0.3) is 0 Å². The van der Waals surface area contributed by atoms with Gasteiger partial charge in [-0.25, -0.2) is 15.0 Å². The monoisotopic (exact) mass is 628 g/mol. The van der Waals surface area contributed by atoms with Crippen molar-refractivity contribution >= 4 is 21.9 Å². The Bertz CT molecular complexity index is 2540. The Labute approximate surface area is 283 Å². The van der Waals surface area contributed by atoms with Crippen LogP contribution in [-0.4, -0.2) is 19.9 Å². The SMILES string of the molecule is c1ccc(-c2ccc(-c3cc(-c4ccc(-c5cncc6ccccc56)cc4)nc(-c4ccc(-c5nc6ccccc6o5)cc4)n3)cc2)cc1. The zero-order valence-electron chi connectivity index (χ0n) is 26.4. The van der Waals surface area contributed by atoms with E-state index in [0.29, 0.717) is 11.7 Å². The van der Waals surface area contributed by atoms with Crippen molar-refractivity contribution in [3.8, 4) is 67.6 Å². The average Bonchev–Trinajstić information content (AvgIpc) is 3.63. The highest BCUT2D eigenvalue weighted by Crippen LogP contribution is 2.33. The molecule has 0 atom stereocenters. The fourth-order valence-electron chi connectivity index (χ4n) is 6.26. The van der Waals surface area contributed by atoms with Crippen molar-refractivity contribution in [2.24, 2.45) is 0 Å². The standard InChI is InChI=1S/C44H28N4O/c1-2-8-29(9-3-1)30-14-18-32(19-15-30)40-26-41(33-20-16-31(17-21-33)38-28-45-27-36-10-4-5-11-37(36)38)47-43(46-40)34-22-24-35(25-23-34)44-48-39-12-6-7-13-42(39)49-44/h1-28H. The Hall–Kier alpha value is -6.72. The van der Waals surface area contributed by atoms with E-state index < -0.39 is 0 Å². The summed E-state index contributed by atoms with van der Waals surface area (Å²) in [5.74, 6) is 1.23. The quantitative estimate of drug-likeness (QED) is 0.183. The molecule has 0 bridgehead atoms. The van der Waals surface area contributed by atoms with Crippen LogP contribution in [0, 0.1) is 0 Å². The number of aromatic nitrogens is 4. The highest BCUT2D eigenvalue weighted by molar-refractivity contribution is 5.96. The topological polar surface area (TPSA) is 64.7 Å². The maximum Gasteiger partial charge on any atom is 0.227 e. The number of oxazole rings is 1. The summed E-state index contributed by atoms with van der Waals surface area (Å²) in [5.41, 5.74) is 11.7. The number of hydrogen-bond donors (Lipinski definition) is 0. The maximum absolute atomic E-state index is 6.01. The van der Waals surface area contributed by atoms with E-state index in [0.717, 1.165) is 66.8 Å². The van der Waals surface area contributed by atoms with E-state index in [4.69, 9.17) is 14.4 Å². The molecule has 0 aliphatic heterocycles. The molecule has 6 aromatic carbocycles. The van der Waals surface area contributed by atoms with Crippen LogP contribution in [0.2, 0.25) is 0 Å². The van der Waals surface area contributed by atoms with Gasteiger partial charge in [0.2, 0.25) is 5.89 Å². The lowest BCUT2D eigenvalue weighted by Gasteiger charge is -2.11. The molecule has 0 saturated heterocycles. The largest absolute Gasteiger partial charge is 0.436 e. The van der Waals surface area contributed by atoms with Gasteiger partial charge in [-0.15, -0.1) is 0 Å². The maximum atomic E-state index is 6.01. The summed E-state index contributed by atoms with van der Waals surface area (Å²) in [6, 6.07) is 53.8. The first kappa shape index (κ1) is 28.5. The number of hydrogen-bond acceptors (Lipinski definition) is 5. The Kier molecular flexibility index (Phi) is 7.06. The van der Waals surface area contributed by atoms with Gasteiger partial charge in [0.1, 0.15) is 5.52 Å². The Morgan fingerprint density at radius 1 is 0.408 bits per heavy atom.